The van der Waals surface area contributed by atoms with Crippen molar-refractivity contribution < 1.29 is 4.74 Å². The minimum absolute atomic E-state index is 0.600. The van der Waals surface area contributed by atoms with Gasteiger partial charge in [0.25, 0.3) is 0 Å². The van der Waals surface area contributed by atoms with Crippen LogP contribution in [-0.4, -0.2) is 29.7 Å². The van der Waals surface area contributed by atoms with Gasteiger partial charge in [-0.1, -0.05) is 31.4 Å². The van der Waals surface area contributed by atoms with Gasteiger partial charge in [-0.15, -0.1) is 0 Å². The van der Waals surface area contributed by atoms with Crippen LogP contribution < -0.4 is 15.4 Å². The SMILES string of the molecule is c1cc(C2CCCCC2)ccc1Nc1ccc2ncc(OCC3CCNCC3)nc2c1. The molecule has 0 radical (unpaired) electrons. The molecular formula is C26H32N4O. The first-order valence-corrected chi connectivity index (χ1v) is 11.8. The predicted octanol–water partition coefficient (Wildman–Crippen LogP) is 5.80. The number of ether oxygens (including phenoxy) is 1. The maximum atomic E-state index is 5.96. The van der Waals surface area contributed by atoms with E-state index in [0.29, 0.717) is 18.4 Å². The summed E-state index contributed by atoms with van der Waals surface area (Å²) in [6, 6.07) is 15.1. The summed E-state index contributed by atoms with van der Waals surface area (Å²) < 4.78 is 5.96. The van der Waals surface area contributed by atoms with Crippen LogP contribution in [0.3, 0.4) is 0 Å². The van der Waals surface area contributed by atoms with Gasteiger partial charge < -0.3 is 15.4 Å². The third-order valence-corrected chi connectivity index (χ3v) is 6.72. The molecule has 2 fully saturated rings. The number of hydrogen-bond donors (Lipinski definition) is 2. The topological polar surface area (TPSA) is 59.1 Å². The van der Waals surface area contributed by atoms with Crippen molar-refractivity contribution in [3.05, 3.63) is 54.2 Å². The first-order chi connectivity index (χ1) is 15.3. The van der Waals surface area contributed by atoms with E-state index >= 15 is 0 Å². The van der Waals surface area contributed by atoms with E-state index in [4.69, 9.17) is 9.72 Å². The van der Waals surface area contributed by atoms with Crippen molar-refractivity contribution in [1.29, 1.82) is 0 Å². The molecule has 2 aromatic carbocycles. The highest BCUT2D eigenvalue weighted by Crippen LogP contribution is 2.33. The Morgan fingerprint density at radius 2 is 1.65 bits per heavy atom. The number of benzene rings is 2. The van der Waals surface area contributed by atoms with E-state index in [-0.39, 0.29) is 0 Å². The Morgan fingerprint density at radius 1 is 0.871 bits per heavy atom. The van der Waals surface area contributed by atoms with Gasteiger partial charge in [0.05, 0.1) is 23.8 Å². The van der Waals surface area contributed by atoms with Crippen LogP contribution in [-0.2, 0) is 0 Å². The molecule has 5 rings (SSSR count). The zero-order valence-corrected chi connectivity index (χ0v) is 18.1. The Labute approximate surface area is 184 Å². The van der Waals surface area contributed by atoms with Gasteiger partial charge in [0.2, 0.25) is 5.88 Å². The van der Waals surface area contributed by atoms with E-state index in [2.05, 4.69) is 52.0 Å². The Bertz CT molecular complexity index is 992. The molecule has 2 heterocycles. The zero-order chi connectivity index (χ0) is 20.9. The van der Waals surface area contributed by atoms with E-state index in [1.807, 2.05) is 6.07 Å². The Hall–Kier alpha value is -2.66. The fourth-order valence-electron chi connectivity index (χ4n) is 4.83. The number of nitrogens with one attached hydrogen (secondary N) is 2. The molecule has 0 unspecified atom stereocenters. The van der Waals surface area contributed by atoms with Crippen molar-refractivity contribution in [2.24, 2.45) is 5.92 Å². The van der Waals surface area contributed by atoms with Crippen LogP contribution in [0.5, 0.6) is 5.88 Å². The Morgan fingerprint density at radius 3 is 2.45 bits per heavy atom. The van der Waals surface area contributed by atoms with Crippen molar-refractivity contribution in [3.63, 3.8) is 0 Å². The molecule has 2 N–H and O–H groups in total. The number of nitrogens with zero attached hydrogens (tertiary/aromatic N) is 2. The third kappa shape index (κ3) is 5.16. The maximum Gasteiger partial charge on any atom is 0.232 e. The molecular weight excluding hydrogens is 384 g/mol. The number of rotatable bonds is 6. The molecule has 1 aliphatic heterocycles. The summed E-state index contributed by atoms with van der Waals surface area (Å²) >= 11 is 0. The average molecular weight is 417 g/mol. The highest BCUT2D eigenvalue weighted by Gasteiger charge is 2.16. The summed E-state index contributed by atoms with van der Waals surface area (Å²) in [4.78, 5) is 9.23. The van der Waals surface area contributed by atoms with Crippen LogP contribution in [0.4, 0.5) is 11.4 Å². The van der Waals surface area contributed by atoms with Crippen molar-refractivity contribution in [2.75, 3.05) is 25.0 Å². The quantitative estimate of drug-likeness (QED) is 0.532. The molecule has 5 nitrogen and oxygen atoms in total. The molecule has 1 aromatic heterocycles. The van der Waals surface area contributed by atoms with Crippen LogP contribution in [0.15, 0.2) is 48.7 Å². The summed E-state index contributed by atoms with van der Waals surface area (Å²) in [5.74, 6) is 1.95. The predicted molar refractivity (Wildman–Crippen MR) is 126 cm³/mol. The summed E-state index contributed by atoms with van der Waals surface area (Å²) in [5.41, 5.74) is 5.33. The standard InChI is InChI=1S/C26H32N4O/c1-2-4-20(5-3-1)21-6-8-22(9-7-21)29-23-10-11-24-25(16-23)30-26(17-28-24)31-18-19-12-14-27-15-13-19/h6-11,16-17,19-20,27,29H,1-5,12-15,18H2. The van der Waals surface area contributed by atoms with E-state index in [1.54, 1.807) is 6.20 Å². The van der Waals surface area contributed by atoms with Crippen LogP contribution in [0.25, 0.3) is 11.0 Å². The lowest BCUT2D eigenvalue weighted by atomic mass is 9.84. The molecule has 162 valence electrons. The largest absolute Gasteiger partial charge is 0.476 e. The van der Waals surface area contributed by atoms with Gasteiger partial charge in [0.1, 0.15) is 0 Å². The Kier molecular flexibility index (Phi) is 6.30. The van der Waals surface area contributed by atoms with Gasteiger partial charge >= 0.3 is 0 Å². The van der Waals surface area contributed by atoms with E-state index < -0.39 is 0 Å². The fourth-order valence-corrected chi connectivity index (χ4v) is 4.83. The number of piperidine rings is 1. The second-order valence-electron chi connectivity index (χ2n) is 9.00. The highest BCUT2D eigenvalue weighted by molar-refractivity contribution is 5.80. The van der Waals surface area contributed by atoms with E-state index in [1.165, 1.54) is 37.7 Å². The molecule has 2 aliphatic rings. The lowest BCUT2D eigenvalue weighted by molar-refractivity contribution is 0.209. The number of fused-ring (bicyclic) bond motifs is 1. The van der Waals surface area contributed by atoms with Gasteiger partial charge in [-0.3, -0.25) is 0 Å². The summed E-state index contributed by atoms with van der Waals surface area (Å²) in [6.07, 6.45) is 10.9. The molecule has 0 bridgehead atoms. The maximum absolute atomic E-state index is 5.96. The van der Waals surface area contributed by atoms with Gasteiger partial charge in [-0.25, -0.2) is 9.97 Å². The summed E-state index contributed by atoms with van der Waals surface area (Å²) in [7, 11) is 0. The van der Waals surface area contributed by atoms with Crippen LogP contribution in [0.1, 0.15) is 56.4 Å². The lowest BCUT2D eigenvalue weighted by Crippen LogP contribution is -2.30. The Balaban J connectivity index is 1.25. The number of hydrogen-bond acceptors (Lipinski definition) is 5. The first kappa shape index (κ1) is 20.3. The van der Waals surface area contributed by atoms with Crippen molar-refractivity contribution >= 4 is 22.4 Å². The van der Waals surface area contributed by atoms with Gasteiger partial charge in [-0.05, 0) is 86.5 Å². The lowest BCUT2D eigenvalue weighted by Gasteiger charge is -2.22. The minimum atomic E-state index is 0.600. The normalized spacial score (nSPS) is 18.2. The zero-order valence-electron chi connectivity index (χ0n) is 18.1. The van der Waals surface area contributed by atoms with Gasteiger partial charge in [-0.2, -0.15) is 0 Å². The molecule has 31 heavy (non-hydrogen) atoms. The summed E-state index contributed by atoms with van der Waals surface area (Å²) in [5, 5.41) is 6.91. The molecule has 0 spiro atoms. The smallest absolute Gasteiger partial charge is 0.232 e. The van der Waals surface area contributed by atoms with Crippen LogP contribution in [0, 0.1) is 5.92 Å². The van der Waals surface area contributed by atoms with E-state index in [0.717, 1.165) is 54.3 Å². The third-order valence-electron chi connectivity index (χ3n) is 6.72. The van der Waals surface area contributed by atoms with E-state index in [9.17, 15) is 0 Å². The molecule has 1 aliphatic carbocycles. The van der Waals surface area contributed by atoms with Crippen molar-refractivity contribution in [1.82, 2.24) is 15.3 Å². The molecule has 0 amide bonds. The minimum Gasteiger partial charge on any atom is -0.476 e. The molecule has 3 aromatic rings. The van der Waals surface area contributed by atoms with Gasteiger partial charge in [0, 0.05) is 11.4 Å². The molecule has 1 saturated heterocycles. The number of anilines is 2. The monoisotopic (exact) mass is 416 g/mol. The fraction of sp³-hybridized carbons (Fsp3) is 0.462. The second-order valence-corrected chi connectivity index (χ2v) is 9.00. The molecule has 0 atom stereocenters. The molecule has 1 saturated carbocycles. The second kappa shape index (κ2) is 9.65. The highest BCUT2D eigenvalue weighted by atomic mass is 16.5. The van der Waals surface area contributed by atoms with Gasteiger partial charge in [0.15, 0.2) is 0 Å². The first-order valence-electron chi connectivity index (χ1n) is 11.8. The molecule has 5 heteroatoms. The van der Waals surface area contributed by atoms with Crippen molar-refractivity contribution in [3.8, 4) is 5.88 Å². The van der Waals surface area contributed by atoms with Crippen molar-refractivity contribution in [2.45, 2.75) is 50.9 Å². The number of aromatic nitrogens is 2. The average Bonchev–Trinajstić information content (AvgIpc) is 2.84. The van der Waals surface area contributed by atoms with Crippen LogP contribution >= 0.6 is 0 Å². The van der Waals surface area contributed by atoms with Crippen LogP contribution in [0.2, 0.25) is 0 Å². The summed E-state index contributed by atoms with van der Waals surface area (Å²) in [6.45, 7) is 2.87.